The number of ether oxygens (including phenoxy) is 1. The number of imide groups is 1. The van der Waals surface area contributed by atoms with Gasteiger partial charge >= 0.3 is 5.97 Å². The topological polar surface area (TPSA) is 68.1 Å². The second-order valence-electron chi connectivity index (χ2n) is 6.08. The Kier molecular flexibility index (Phi) is 4.43. The first-order valence-electron chi connectivity index (χ1n) is 8.01. The van der Waals surface area contributed by atoms with Gasteiger partial charge in [-0.3, -0.25) is 9.59 Å². The fraction of sp³-hybridized carbons (Fsp3) is 0.471. The summed E-state index contributed by atoms with van der Waals surface area (Å²) in [5.41, 5.74) is 0.917. The van der Waals surface area contributed by atoms with Crippen molar-refractivity contribution in [2.75, 3.05) is 25.1 Å². The Morgan fingerprint density at radius 2 is 1.78 bits per heavy atom. The Balaban J connectivity index is 1.78. The number of anilines is 1. The highest BCUT2D eigenvalue weighted by Gasteiger charge is 2.45. The highest BCUT2D eigenvalue weighted by Crippen LogP contribution is 2.23. The molecule has 122 valence electrons. The van der Waals surface area contributed by atoms with E-state index in [4.69, 9.17) is 0 Å². The standard InChI is InChI=1S/C17H20N2O4/c1-23-17(22)12-5-7-13(8-6-12)19-15(20)11-14(16(19)21)18-9-3-2-4-10-18/h5-8,14H,2-4,9-11H2,1H3/p+1. The fourth-order valence-electron chi connectivity index (χ4n) is 3.44. The molecule has 2 fully saturated rings. The first-order chi connectivity index (χ1) is 11.1. The summed E-state index contributed by atoms with van der Waals surface area (Å²) in [6.45, 7) is 1.91. The number of piperidine rings is 1. The molecular weight excluding hydrogens is 296 g/mol. The molecule has 1 unspecified atom stereocenters. The van der Waals surface area contributed by atoms with Crippen LogP contribution in [0.15, 0.2) is 24.3 Å². The first-order valence-corrected chi connectivity index (χ1v) is 8.01. The zero-order valence-corrected chi connectivity index (χ0v) is 13.2. The number of esters is 1. The molecule has 2 heterocycles. The lowest BCUT2D eigenvalue weighted by Gasteiger charge is -2.27. The van der Waals surface area contributed by atoms with Gasteiger partial charge in [0.15, 0.2) is 6.04 Å². The highest BCUT2D eigenvalue weighted by molar-refractivity contribution is 6.21. The largest absolute Gasteiger partial charge is 0.465 e. The molecule has 1 aromatic carbocycles. The number of hydrogen-bond acceptors (Lipinski definition) is 4. The molecule has 2 amide bonds. The average molecular weight is 317 g/mol. The van der Waals surface area contributed by atoms with Crippen LogP contribution in [0.4, 0.5) is 5.69 Å². The van der Waals surface area contributed by atoms with Crippen molar-refractivity contribution in [3.63, 3.8) is 0 Å². The molecule has 1 N–H and O–H groups in total. The monoisotopic (exact) mass is 317 g/mol. The minimum absolute atomic E-state index is 0.127. The molecule has 0 radical (unpaired) electrons. The summed E-state index contributed by atoms with van der Waals surface area (Å²) in [6.07, 6.45) is 3.70. The highest BCUT2D eigenvalue weighted by atomic mass is 16.5. The van der Waals surface area contributed by atoms with Crippen LogP contribution in [0.3, 0.4) is 0 Å². The van der Waals surface area contributed by atoms with Crippen molar-refractivity contribution in [3.8, 4) is 0 Å². The summed E-state index contributed by atoms with van der Waals surface area (Å²) >= 11 is 0. The molecule has 6 heteroatoms. The van der Waals surface area contributed by atoms with Crippen LogP contribution in [0.25, 0.3) is 0 Å². The van der Waals surface area contributed by atoms with Crippen molar-refractivity contribution in [2.45, 2.75) is 31.7 Å². The molecule has 1 aromatic rings. The zero-order valence-electron chi connectivity index (χ0n) is 13.2. The van der Waals surface area contributed by atoms with Crippen molar-refractivity contribution in [1.82, 2.24) is 0 Å². The van der Waals surface area contributed by atoms with Crippen LogP contribution < -0.4 is 9.80 Å². The van der Waals surface area contributed by atoms with E-state index in [-0.39, 0.29) is 24.3 Å². The van der Waals surface area contributed by atoms with Gasteiger partial charge in [0.1, 0.15) is 0 Å². The summed E-state index contributed by atoms with van der Waals surface area (Å²) in [5, 5.41) is 0. The molecule has 0 saturated carbocycles. The van der Waals surface area contributed by atoms with Crippen molar-refractivity contribution in [1.29, 1.82) is 0 Å². The third kappa shape index (κ3) is 2.99. The van der Waals surface area contributed by atoms with E-state index in [1.165, 1.54) is 23.3 Å². The molecule has 2 aliphatic heterocycles. The lowest BCUT2D eigenvalue weighted by Crippen LogP contribution is -3.17. The first kappa shape index (κ1) is 15.7. The van der Waals surface area contributed by atoms with Gasteiger partial charge in [0.2, 0.25) is 5.91 Å². The van der Waals surface area contributed by atoms with Gasteiger partial charge < -0.3 is 9.64 Å². The van der Waals surface area contributed by atoms with E-state index >= 15 is 0 Å². The molecule has 3 rings (SSSR count). The van der Waals surface area contributed by atoms with E-state index in [2.05, 4.69) is 4.74 Å². The summed E-state index contributed by atoms with van der Waals surface area (Å²) in [5.74, 6) is -0.729. The number of benzene rings is 1. The number of likely N-dealkylation sites (tertiary alicyclic amines) is 1. The second-order valence-corrected chi connectivity index (χ2v) is 6.08. The third-order valence-corrected chi connectivity index (χ3v) is 4.68. The quantitative estimate of drug-likeness (QED) is 0.638. The molecule has 0 aromatic heterocycles. The van der Waals surface area contributed by atoms with Gasteiger partial charge in [-0.1, -0.05) is 0 Å². The zero-order chi connectivity index (χ0) is 16.4. The smallest absolute Gasteiger partial charge is 0.337 e. The SMILES string of the molecule is COC(=O)c1ccc(N2C(=O)CC([NH+]3CCCCC3)C2=O)cc1. The molecule has 6 nitrogen and oxygen atoms in total. The van der Waals surface area contributed by atoms with Gasteiger partial charge in [0.05, 0.1) is 37.9 Å². The minimum Gasteiger partial charge on any atom is -0.465 e. The Morgan fingerprint density at radius 1 is 1.13 bits per heavy atom. The molecule has 2 aliphatic rings. The predicted molar refractivity (Wildman–Crippen MR) is 83.2 cm³/mol. The number of carbonyl (C=O) groups excluding carboxylic acids is 3. The van der Waals surface area contributed by atoms with Crippen molar-refractivity contribution < 1.29 is 24.0 Å². The Hall–Kier alpha value is -2.21. The number of nitrogens with one attached hydrogen (secondary N) is 1. The van der Waals surface area contributed by atoms with Crippen LogP contribution >= 0.6 is 0 Å². The van der Waals surface area contributed by atoms with Crippen LogP contribution in [0.2, 0.25) is 0 Å². The Morgan fingerprint density at radius 3 is 2.39 bits per heavy atom. The average Bonchev–Trinajstić information content (AvgIpc) is 2.89. The maximum absolute atomic E-state index is 12.7. The van der Waals surface area contributed by atoms with Crippen LogP contribution in [0.5, 0.6) is 0 Å². The molecule has 2 saturated heterocycles. The van der Waals surface area contributed by atoms with Gasteiger partial charge in [-0.25, -0.2) is 9.69 Å². The Bertz CT molecular complexity index is 620. The van der Waals surface area contributed by atoms with Gasteiger partial charge in [0, 0.05) is 0 Å². The fourth-order valence-corrected chi connectivity index (χ4v) is 3.44. The van der Waals surface area contributed by atoms with E-state index in [1.54, 1.807) is 24.3 Å². The molecule has 1 atom stereocenters. The Labute approximate surface area is 135 Å². The van der Waals surface area contributed by atoms with Crippen molar-refractivity contribution >= 4 is 23.5 Å². The molecule has 0 spiro atoms. The van der Waals surface area contributed by atoms with Gasteiger partial charge in [-0.2, -0.15) is 0 Å². The van der Waals surface area contributed by atoms with Crippen LogP contribution in [0, 0.1) is 0 Å². The van der Waals surface area contributed by atoms with E-state index in [9.17, 15) is 14.4 Å². The number of amides is 2. The summed E-state index contributed by atoms with van der Waals surface area (Å²) in [7, 11) is 1.32. The summed E-state index contributed by atoms with van der Waals surface area (Å²) in [4.78, 5) is 38.9. The minimum atomic E-state index is -0.439. The van der Waals surface area contributed by atoms with Crippen LogP contribution in [0.1, 0.15) is 36.0 Å². The maximum Gasteiger partial charge on any atom is 0.337 e. The van der Waals surface area contributed by atoms with E-state index in [0.717, 1.165) is 25.9 Å². The number of rotatable bonds is 3. The lowest BCUT2D eigenvalue weighted by atomic mass is 10.1. The number of nitrogens with zero attached hydrogens (tertiary/aromatic N) is 1. The lowest BCUT2D eigenvalue weighted by molar-refractivity contribution is -0.919. The van der Waals surface area contributed by atoms with Crippen molar-refractivity contribution in [3.05, 3.63) is 29.8 Å². The summed E-state index contributed by atoms with van der Waals surface area (Å²) < 4.78 is 4.65. The van der Waals surface area contributed by atoms with E-state index in [0.29, 0.717) is 11.3 Å². The number of hydrogen-bond donors (Lipinski definition) is 1. The number of carbonyl (C=O) groups is 3. The van der Waals surface area contributed by atoms with Gasteiger partial charge in [-0.05, 0) is 43.5 Å². The normalized spacial score (nSPS) is 22.5. The molecule has 23 heavy (non-hydrogen) atoms. The van der Waals surface area contributed by atoms with Crippen LogP contribution in [-0.2, 0) is 14.3 Å². The van der Waals surface area contributed by atoms with Crippen LogP contribution in [-0.4, -0.2) is 44.0 Å². The van der Waals surface area contributed by atoms with E-state index in [1.807, 2.05) is 0 Å². The van der Waals surface area contributed by atoms with E-state index < -0.39 is 5.97 Å². The summed E-state index contributed by atoms with van der Waals surface area (Å²) in [6, 6.07) is 6.13. The molecule has 0 bridgehead atoms. The molecular formula is C17H21N2O4+. The number of quaternary nitrogens is 1. The predicted octanol–water partition coefficient (Wildman–Crippen LogP) is 0.174. The third-order valence-electron chi connectivity index (χ3n) is 4.68. The maximum atomic E-state index is 12.7. The van der Waals surface area contributed by atoms with Gasteiger partial charge in [0.25, 0.3) is 5.91 Å². The second kappa shape index (κ2) is 6.50. The number of methoxy groups -OCH3 is 1. The van der Waals surface area contributed by atoms with Crippen molar-refractivity contribution in [2.24, 2.45) is 0 Å². The molecule has 0 aliphatic carbocycles. The van der Waals surface area contributed by atoms with Gasteiger partial charge in [-0.15, -0.1) is 0 Å².